The van der Waals surface area contributed by atoms with Gasteiger partial charge in [0.2, 0.25) is 0 Å². The first-order chi connectivity index (χ1) is 9.80. The average Bonchev–Trinajstić information content (AvgIpc) is 2.84. The lowest BCUT2D eigenvalue weighted by Gasteiger charge is -2.16. The van der Waals surface area contributed by atoms with Gasteiger partial charge in [-0.15, -0.1) is 6.42 Å². The number of hydrogen-bond acceptors (Lipinski definition) is 6. The molecule has 9 nitrogen and oxygen atoms in total. The number of ether oxygens (including phenoxy) is 1. The standard InChI is InChI=1S/C11H14N3O6P/c1-2-7-5-14(11(15)13-10(7)12)9-4-3-8(20-9)6-19-21(16,17)18/h1,5,8-9H,3-4,6H2,(H2,12,13,15)(H2,16,17,18). The number of phosphoric ester groups is 1. The molecule has 2 rings (SSSR count). The van der Waals surface area contributed by atoms with Crippen LogP contribution in [0.5, 0.6) is 0 Å². The molecule has 1 saturated heterocycles. The largest absolute Gasteiger partial charge is 0.469 e. The zero-order valence-corrected chi connectivity index (χ0v) is 11.8. The number of rotatable bonds is 4. The van der Waals surface area contributed by atoms with Gasteiger partial charge in [-0.2, -0.15) is 4.98 Å². The van der Waals surface area contributed by atoms with E-state index in [9.17, 15) is 9.36 Å². The van der Waals surface area contributed by atoms with E-state index in [0.29, 0.717) is 12.8 Å². The van der Waals surface area contributed by atoms with E-state index in [4.69, 9.17) is 26.7 Å². The van der Waals surface area contributed by atoms with Gasteiger partial charge < -0.3 is 20.3 Å². The molecule has 1 aliphatic rings. The van der Waals surface area contributed by atoms with E-state index in [1.807, 2.05) is 0 Å². The van der Waals surface area contributed by atoms with E-state index in [1.165, 1.54) is 10.8 Å². The van der Waals surface area contributed by atoms with Gasteiger partial charge in [0.25, 0.3) is 0 Å². The number of phosphoric acid groups is 1. The van der Waals surface area contributed by atoms with Crippen molar-refractivity contribution in [2.45, 2.75) is 25.2 Å². The van der Waals surface area contributed by atoms with E-state index in [2.05, 4.69) is 15.4 Å². The van der Waals surface area contributed by atoms with Crippen molar-refractivity contribution < 1.29 is 23.6 Å². The van der Waals surface area contributed by atoms with Crippen LogP contribution in [0.3, 0.4) is 0 Å². The highest BCUT2D eigenvalue weighted by Gasteiger charge is 2.30. The third-order valence-electron chi connectivity index (χ3n) is 2.96. The Bertz CT molecular complexity index is 676. The summed E-state index contributed by atoms with van der Waals surface area (Å²) >= 11 is 0. The van der Waals surface area contributed by atoms with E-state index < -0.39 is 25.8 Å². The predicted octanol–water partition coefficient (Wildman–Crippen LogP) is -0.406. The van der Waals surface area contributed by atoms with Crippen LogP contribution >= 0.6 is 7.82 Å². The lowest BCUT2D eigenvalue weighted by molar-refractivity contribution is -0.0243. The number of nitrogen functional groups attached to an aromatic ring is 1. The summed E-state index contributed by atoms with van der Waals surface area (Å²) in [4.78, 5) is 32.7. The van der Waals surface area contributed by atoms with E-state index >= 15 is 0 Å². The Hall–Kier alpha value is -1.69. The van der Waals surface area contributed by atoms with Crippen LogP contribution in [0.15, 0.2) is 11.0 Å². The van der Waals surface area contributed by atoms with E-state index in [0.717, 1.165) is 0 Å². The predicted molar refractivity (Wildman–Crippen MR) is 72.0 cm³/mol. The number of hydrogen-bond donors (Lipinski definition) is 3. The molecule has 0 spiro atoms. The van der Waals surface area contributed by atoms with Crippen molar-refractivity contribution in [1.29, 1.82) is 0 Å². The van der Waals surface area contributed by atoms with Gasteiger partial charge >= 0.3 is 13.5 Å². The Labute approximate surface area is 119 Å². The third-order valence-corrected chi connectivity index (χ3v) is 3.45. The van der Waals surface area contributed by atoms with Crippen molar-refractivity contribution in [2.24, 2.45) is 0 Å². The fourth-order valence-electron chi connectivity index (χ4n) is 1.99. The van der Waals surface area contributed by atoms with Crippen LogP contribution in [0.25, 0.3) is 0 Å². The minimum Gasteiger partial charge on any atom is -0.382 e. The number of aromatic nitrogens is 2. The average molecular weight is 315 g/mol. The molecule has 1 aliphatic heterocycles. The molecule has 2 unspecified atom stereocenters. The number of anilines is 1. The molecule has 1 fully saturated rings. The quantitative estimate of drug-likeness (QED) is 0.504. The summed E-state index contributed by atoms with van der Waals surface area (Å²) in [6.45, 7) is -0.264. The van der Waals surface area contributed by atoms with Crippen LogP contribution < -0.4 is 11.4 Å². The van der Waals surface area contributed by atoms with Gasteiger partial charge in [0.05, 0.1) is 18.3 Å². The van der Waals surface area contributed by atoms with Gasteiger partial charge in [-0.3, -0.25) is 9.09 Å². The smallest absolute Gasteiger partial charge is 0.382 e. The van der Waals surface area contributed by atoms with Crippen LogP contribution in [0.4, 0.5) is 5.82 Å². The maximum absolute atomic E-state index is 11.8. The molecule has 1 aromatic rings. The first kappa shape index (κ1) is 15.7. The summed E-state index contributed by atoms with van der Waals surface area (Å²) in [6.07, 6.45) is 6.43. The Morgan fingerprint density at radius 2 is 2.33 bits per heavy atom. The summed E-state index contributed by atoms with van der Waals surface area (Å²) in [6, 6.07) is 0. The van der Waals surface area contributed by atoms with Gasteiger partial charge in [-0.25, -0.2) is 9.36 Å². The fourth-order valence-corrected chi connectivity index (χ4v) is 2.35. The van der Waals surface area contributed by atoms with Gasteiger partial charge in [-0.1, -0.05) is 5.92 Å². The minimum absolute atomic E-state index is 0.0295. The zero-order chi connectivity index (χ0) is 15.6. The molecule has 114 valence electrons. The summed E-state index contributed by atoms with van der Waals surface area (Å²) in [5.41, 5.74) is 5.18. The molecule has 21 heavy (non-hydrogen) atoms. The lowest BCUT2D eigenvalue weighted by atomic mass is 10.2. The number of nitrogens with two attached hydrogens (primary N) is 1. The summed E-state index contributed by atoms with van der Waals surface area (Å²) < 4.78 is 21.7. The summed E-state index contributed by atoms with van der Waals surface area (Å²) in [7, 11) is -4.54. The van der Waals surface area contributed by atoms with E-state index in [1.54, 1.807) is 0 Å². The maximum atomic E-state index is 11.8. The fraction of sp³-hybridized carbons (Fsp3) is 0.455. The van der Waals surface area contributed by atoms with Gasteiger partial charge in [0.15, 0.2) is 0 Å². The summed E-state index contributed by atoms with van der Waals surface area (Å²) in [5, 5.41) is 0. The Kier molecular flexibility index (Phi) is 4.46. The van der Waals surface area contributed by atoms with Crippen molar-refractivity contribution in [2.75, 3.05) is 12.3 Å². The maximum Gasteiger partial charge on any atom is 0.469 e. The highest BCUT2D eigenvalue weighted by Crippen LogP contribution is 2.37. The third kappa shape index (κ3) is 3.91. The van der Waals surface area contributed by atoms with Crippen molar-refractivity contribution in [1.82, 2.24) is 9.55 Å². The number of nitrogens with zero attached hydrogens (tertiary/aromatic N) is 2. The van der Waals surface area contributed by atoms with Crippen molar-refractivity contribution >= 4 is 13.6 Å². The molecule has 0 bridgehead atoms. The second-order valence-electron chi connectivity index (χ2n) is 4.45. The first-order valence-corrected chi connectivity index (χ1v) is 7.54. The monoisotopic (exact) mass is 315 g/mol. The second kappa shape index (κ2) is 5.97. The molecular weight excluding hydrogens is 301 g/mol. The SMILES string of the molecule is C#Cc1cn(C2CCC(COP(=O)(O)O)O2)c(=O)nc1N. The molecule has 0 aliphatic carbocycles. The molecule has 0 radical (unpaired) electrons. The van der Waals surface area contributed by atoms with Crippen LogP contribution in [0, 0.1) is 12.3 Å². The molecule has 4 N–H and O–H groups in total. The van der Waals surface area contributed by atoms with Crippen molar-refractivity contribution in [3.05, 3.63) is 22.2 Å². The lowest BCUT2D eigenvalue weighted by Crippen LogP contribution is -2.28. The number of terminal acetylenes is 1. The van der Waals surface area contributed by atoms with Gasteiger partial charge in [-0.05, 0) is 12.8 Å². The summed E-state index contributed by atoms with van der Waals surface area (Å²) in [5.74, 6) is 2.28. The highest BCUT2D eigenvalue weighted by atomic mass is 31.2. The molecule has 2 heterocycles. The van der Waals surface area contributed by atoms with Gasteiger partial charge in [0.1, 0.15) is 12.0 Å². The normalized spacial score (nSPS) is 22.1. The van der Waals surface area contributed by atoms with E-state index in [-0.39, 0.29) is 18.0 Å². The molecule has 1 aromatic heterocycles. The molecular formula is C11H14N3O6P. The topological polar surface area (TPSA) is 137 Å². The van der Waals surface area contributed by atoms with Crippen molar-refractivity contribution in [3.8, 4) is 12.3 Å². The minimum atomic E-state index is -4.54. The first-order valence-electron chi connectivity index (χ1n) is 6.01. The molecule has 0 saturated carbocycles. The van der Waals surface area contributed by atoms with Crippen LogP contribution in [0.2, 0.25) is 0 Å². The van der Waals surface area contributed by atoms with Gasteiger partial charge in [0, 0.05) is 6.20 Å². The molecule has 0 amide bonds. The second-order valence-corrected chi connectivity index (χ2v) is 5.69. The van der Waals surface area contributed by atoms with Crippen LogP contribution in [-0.2, 0) is 13.8 Å². The Morgan fingerprint density at radius 3 is 2.95 bits per heavy atom. The molecule has 0 aromatic carbocycles. The Balaban J connectivity index is 2.10. The highest BCUT2D eigenvalue weighted by molar-refractivity contribution is 7.46. The van der Waals surface area contributed by atoms with Crippen LogP contribution in [-0.4, -0.2) is 32.0 Å². The zero-order valence-electron chi connectivity index (χ0n) is 10.9. The molecule has 10 heteroatoms. The van der Waals surface area contributed by atoms with Crippen molar-refractivity contribution in [3.63, 3.8) is 0 Å². The van der Waals surface area contributed by atoms with Crippen LogP contribution in [0.1, 0.15) is 24.6 Å². The molecule has 2 atom stereocenters. The Morgan fingerprint density at radius 1 is 1.62 bits per heavy atom.